The van der Waals surface area contributed by atoms with Gasteiger partial charge in [0.25, 0.3) is 5.91 Å². The maximum absolute atomic E-state index is 11.6. The van der Waals surface area contributed by atoms with Crippen LogP contribution in [0.25, 0.3) is 0 Å². The number of nitrogens with one attached hydrogen (secondary N) is 1. The molecule has 0 aliphatic heterocycles. The zero-order chi connectivity index (χ0) is 14.8. The quantitative estimate of drug-likeness (QED) is 0.496. The molecule has 1 amide bonds. The fourth-order valence-corrected chi connectivity index (χ4v) is 4.27. The first-order chi connectivity index (χ1) is 10.2. The smallest absolute Gasteiger partial charge is 0.265 e. The van der Waals surface area contributed by atoms with E-state index in [1.54, 1.807) is 6.07 Å². The van der Waals surface area contributed by atoms with E-state index in [2.05, 4.69) is 23.4 Å². The Labute approximate surface area is 126 Å². The summed E-state index contributed by atoms with van der Waals surface area (Å²) in [4.78, 5) is 14.0. The number of carbonyl (C=O) groups excluding carboxylic acids is 1. The van der Waals surface area contributed by atoms with Gasteiger partial charge in [0.15, 0.2) is 0 Å². The molecule has 3 rings (SSSR count). The molecule has 2 aliphatic rings. The van der Waals surface area contributed by atoms with E-state index >= 15 is 0 Å². The molecule has 0 spiro atoms. The molecule has 4 heteroatoms. The summed E-state index contributed by atoms with van der Waals surface area (Å²) in [5.41, 5.74) is 3.98. The Morgan fingerprint density at radius 1 is 1.38 bits per heavy atom. The Morgan fingerprint density at radius 3 is 2.90 bits per heavy atom. The number of nitrogen functional groups attached to an aromatic ring is 1. The van der Waals surface area contributed by atoms with Crippen LogP contribution in [0.1, 0.15) is 41.6 Å². The van der Waals surface area contributed by atoms with Crippen molar-refractivity contribution in [3.63, 3.8) is 0 Å². The number of amides is 1. The summed E-state index contributed by atoms with van der Waals surface area (Å²) in [5.74, 6) is 7.81. The molecule has 0 aromatic heterocycles. The van der Waals surface area contributed by atoms with Gasteiger partial charge in [0, 0.05) is 18.7 Å². The first kappa shape index (κ1) is 14.5. The largest absolute Gasteiger partial charge is 0.302 e. The van der Waals surface area contributed by atoms with E-state index < -0.39 is 0 Å². The van der Waals surface area contributed by atoms with Gasteiger partial charge in [-0.3, -0.25) is 10.2 Å². The molecule has 3 N–H and O–H groups in total. The Kier molecular flexibility index (Phi) is 4.27. The van der Waals surface area contributed by atoms with Crippen LogP contribution < -0.4 is 11.3 Å². The minimum absolute atomic E-state index is 0.229. The van der Waals surface area contributed by atoms with Crippen molar-refractivity contribution in [2.24, 2.45) is 23.6 Å². The number of benzene rings is 1. The lowest BCUT2D eigenvalue weighted by Crippen LogP contribution is -2.30. The molecule has 1 aromatic carbocycles. The van der Waals surface area contributed by atoms with Crippen molar-refractivity contribution < 1.29 is 4.79 Å². The number of nitrogens with two attached hydrogens (primary N) is 1. The van der Waals surface area contributed by atoms with Gasteiger partial charge in [0.1, 0.15) is 0 Å². The lowest BCUT2D eigenvalue weighted by molar-refractivity contribution is 0.0953. The summed E-state index contributed by atoms with van der Waals surface area (Å²) in [7, 11) is 2.18. The van der Waals surface area contributed by atoms with Crippen molar-refractivity contribution in [2.75, 3.05) is 13.6 Å². The summed E-state index contributed by atoms with van der Waals surface area (Å²) in [6.45, 7) is 2.06. The van der Waals surface area contributed by atoms with E-state index in [-0.39, 0.29) is 5.91 Å². The molecule has 2 fully saturated rings. The molecule has 3 atom stereocenters. The minimum atomic E-state index is -0.229. The Hall–Kier alpha value is -1.39. The number of fused-ring (bicyclic) bond motifs is 2. The van der Waals surface area contributed by atoms with Crippen LogP contribution in [0.3, 0.4) is 0 Å². The molecular weight excluding hydrogens is 262 g/mol. The van der Waals surface area contributed by atoms with Gasteiger partial charge in [0.2, 0.25) is 0 Å². The Morgan fingerprint density at radius 2 is 2.24 bits per heavy atom. The Balaban J connectivity index is 1.57. The lowest BCUT2D eigenvalue weighted by atomic mass is 9.88. The molecule has 3 unspecified atom stereocenters. The van der Waals surface area contributed by atoms with E-state index in [0.29, 0.717) is 5.56 Å². The third kappa shape index (κ3) is 3.27. The maximum Gasteiger partial charge on any atom is 0.265 e. The highest BCUT2D eigenvalue weighted by molar-refractivity contribution is 5.93. The van der Waals surface area contributed by atoms with Crippen LogP contribution in [0.15, 0.2) is 24.3 Å². The number of hydrazine groups is 1. The normalized spacial score (nSPS) is 27.3. The summed E-state index contributed by atoms with van der Waals surface area (Å²) in [6, 6.07) is 7.72. The highest BCUT2D eigenvalue weighted by atomic mass is 16.2. The van der Waals surface area contributed by atoms with Crippen molar-refractivity contribution in [1.29, 1.82) is 0 Å². The lowest BCUT2D eigenvalue weighted by Gasteiger charge is -2.27. The maximum atomic E-state index is 11.6. The van der Waals surface area contributed by atoms with Crippen LogP contribution in [-0.4, -0.2) is 24.4 Å². The zero-order valence-corrected chi connectivity index (χ0v) is 12.7. The van der Waals surface area contributed by atoms with Gasteiger partial charge in [0.05, 0.1) is 0 Å². The standard InChI is InChI=1S/C17H25N3O/c1-20(11-16-8-12-5-6-14(16)7-12)10-13-3-2-4-15(9-13)17(21)19-18/h2-4,9,12,14,16H,5-8,10-11,18H2,1H3,(H,19,21). The molecule has 2 bridgehead atoms. The van der Waals surface area contributed by atoms with Crippen LogP contribution in [0.2, 0.25) is 0 Å². The van der Waals surface area contributed by atoms with E-state index in [0.717, 1.165) is 24.3 Å². The number of hydrogen-bond acceptors (Lipinski definition) is 3. The second kappa shape index (κ2) is 6.16. The third-order valence-electron chi connectivity index (χ3n) is 5.20. The van der Waals surface area contributed by atoms with Gasteiger partial charge in [-0.15, -0.1) is 0 Å². The van der Waals surface area contributed by atoms with Gasteiger partial charge in [-0.2, -0.15) is 0 Å². The van der Waals surface area contributed by atoms with E-state index in [9.17, 15) is 4.79 Å². The van der Waals surface area contributed by atoms with Gasteiger partial charge in [-0.05, 0) is 61.8 Å². The predicted molar refractivity (Wildman–Crippen MR) is 83.4 cm³/mol. The van der Waals surface area contributed by atoms with Crippen LogP contribution >= 0.6 is 0 Å². The SMILES string of the molecule is CN(Cc1cccc(C(=O)NN)c1)CC1CC2CCC1C2. The van der Waals surface area contributed by atoms with Crippen molar-refractivity contribution in [3.05, 3.63) is 35.4 Å². The molecule has 2 saturated carbocycles. The van der Waals surface area contributed by atoms with Crippen molar-refractivity contribution >= 4 is 5.91 Å². The van der Waals surface area contributed by atoms with Crippen molar-refractivity contribution in [3.8, 4) is 0 Å². The number of carbonyl (C=O) groups is 1. The fraction of sp³-hybridized carbons (Fsp3) is 0.588. The summed E-state index contributed by atoms with van der Waals surface area (Å²) in [6.07, 6.45) is 5.78. The highest BCUT2D eigenvalue weighted by Gasteiger charge is 2.39. The van der Waals surface area contributed by atoms with E-state index in [1.165, 1.54) is 37.8 Å². The number of rotatable bonds is 5. The minimum Gasteiger partial charge on any atom is -0.302 e. The highest BCUT2D eigenvalue weighted by Crippen LogP contribution is 2.48. The van der Waals surface area contributed by atoms with Crippen LogP contribution in [0.4, 0.5) is 0 Å². The van der Waals surface area contributed by atoms with Crippen LogP contribution in [0.5, 0.6) is 0 Å². The number of hydrogen-bond donors (Lipinski definition) is 2. The molecule has 1 aromatic rings. The second-order valence-electron chi connectivity index (χ2n) is 6.81. The first-order valence-electron chi connectivity index (χ1n) is 7.94. The predicted octanol–water partition coefficient (Wildman–Crippen LogP) is 2.16. The second-order valence-corrected chi connectivity index (χ2v) is 6.81. The van der Waals surface area contributed by atoms with E-state index in [4.69, 9.17) is 5.84 Å². The van der Waals surface area contributed by atoms with Gasteiger partial charge >= 0.3 is 0 Å². The molecular formula is C17H25N3O. The molecule has 2 aliphatic carbocycles. The van der Waals surface area contributed by atoms with Crippen LogP contribution in [0, 0.1) is 17.8 Å². The molecule has 114 valence electrons. The van der Waals surface area contributed by atoms with E-state index in [1.807, 2.05) is 12.1 Å². The molecule has 0 saturated heterocycles. The molecule has 4 nitrogen and oxygen atoms in total. The Bertz CT molecular complexity index is 517. The molecule has 0 radical (unpaired) electrons. The summed E-state index contributed by atoms with van der Waals surface area (Å²) >= 11 is 0. The van der Waals surface area contributed by atoms with Gasteiger partial charge in [-0.1, -0.05) is 18.6 Å². The van der Waals surface area contributed by atoms with Crippen molar-refractivity contribution in [1.82, 2.24) is 10.3 Å². The van der Waals surface area contributed by atoms with Crippen LogP contribution in [-0.2, 0) is 6.54 Å². The van der Waals surface area contributed by atoms with Crippen molar-refractivity contribution in [2.45, 2.75) is 32.2 Å². The summed E-state index contributed by atoms with van der Waals surface area (Å²) in [5, 5.41) is 0. The summed E-state index contributed by atoms with van der Waals surface area (Å²) < 4.78 is 0. The first-order valence-corrected chi connectivity index (χ1v) is 7.94. The molecule has 21 heavy (non-hydrogen) atoms. The topological polar surface area (TPSA) is 58.4 Å². The van der Waals surface area contributed by atoms with Gasteiger partial charge in [-0.25, -0.2) is 5.84 Å². The average Bonchev–Trinajstić information content (AvgIpc) is 3.09. The van der Waals surface area contributed by atoms with Gasteiger partial charge < -0.3 is 4.90 Å². The zero-order valence-electron chi connectivity index (χ0n) is 12.7. The molecule has 0 heterocycles. The third-order valence-corrected chi connectivity index (χ3v) is 5.20. The monoisotopic (exact) mass is 287 g/mol. The fourth-order valence-electron chi connectivity index (χ4n) is 4.27. The average molecular weight is 287 g/mol. The number of nitrogens with zero attached hydrogens (tertiary/aromatic N) is 1.